The highest BCUT2D eigenvalue weighted by molar-refractivity contribution is 9.10. The molecule has 2 N–H and O–H groups in total. The van der Waals surface area contributed by atoms with Gasteiger partial charge in [-0.3, -0.25) is 10.1 Å². The van der Waals surface area contributed by atoms with Crippen molar-refractivity contribution in [2.24, 2.45) is 0 Å². The van der Waals surface area contributed by atoms with E-state index < -0.39 is 39.7 Å². The van der Waals surface area contributed by atoms with Crippen molar-refractivity contribution in [3.8, 4) is 0 Å². The molecule has 1 aliphatic carbocycles. The molecule has 0 atom stereocenters. The summed E-state index contributed by atoms with van der Waals surface area (Å²) in [6.45, 7) is 1.56. The van der Waals surface area contributed by atoms with Gasteiger partial charge < -0.3 is 10.4 Å². The Morgan fingerprint density at radius 1 is 1.48 bits per heavy atom. The molecule has 9 heteroatoms. The van der Waals surface area contributed by atoms with Crippen LogP contribution in [0.2, 0.25) is 0 Å². The van der Waals surface area contributed by atoms with Gasteiger partial charge in [0.2, 0.25) is 0 Å². The Balaban J connectivity index is 2.43. The van der Waals surface area contributed by atoms with E-state index in [1.807, 2.05) is 0 Å². The molecule has 0 spiro atoms. The predicted molar refractivity (Wildman–Crippen MR) is 73.1 cm³/mol. The molecule has 1 aliphatic rings. The number of nitrogens with zero attached hydrogens (tertiary/aromatic N) is 1. The van der Waals surface area contributed by atoms with E-state index in [9.17, 15) is 28.4 Å². The molecule has 116 valence electrons. The summed E-state index contributed by atoms with van der Waals surface area (Å²) in [5, 5.41) is 23.1. The van der Waals surface area contributed by atoms with Crippen LogP contribution in [-0.2, 0) is 6.18 Å². The number of rotatable bonds is 3. The normalized spacial score (nSPS) is 25.3. The van der Waals surface area contributed by atoms with Crippen LogP contribution < -0.4 is 5.32 Å². The zero-order chi connectivity index (χ0) is 16.0. The number of hydrogen-bond donors (Lipinski definition) is 2. The molecule has 5 nitrogen and oxygen atoms in total. The number of alkyl halides is 3. The molecule has 1 aromatic rings. The smallest absolute Gasteiger partial charge is 0.390 e. The zero-order valence-corrected chi connectivity index (χ0v) is 12.5. The van der Waals surface area contributed by atoms with Crippen LogP contribution in [0.1, 0.15) is 25.3 Å². The quantitative estimate of drug-likeness (QED) is 0.629. The van der Waals surface area contributed by atoms with Gasteiger partial charge in [0.05, 0.1) is 16.1 Å². The zero-order valence-electron chi connectivity index (χ0n) is 10.9. The summed E-state index contributed by atoms with van der Waals surface area (Å²) in [4.78, 5) is 10.1. The third-order valence-electron chi connectivity index (χ3n) is 3.31. The van der Waals surface area contributed by atoms with Gasteiger partial charge in [-0.1, -0.05) is 15.9 Å². The fourth-order valence-corrected chi connectivity index (χ4v) is 2.87. The SMILES string of the molecule is C[C@]1(O)C[C@@H](Nc2c([N+](=O)[O-])cc(Br)cc2C(F)(F)F)C1. The molecule has 21 heavy (non-hydrogen) atoms. The Morgan fingerprint density at radius 3 is 2.48 bits per heavy atom. The van der Waals surface area contributed by atoms with Crippen LogP contribution in [0.4, 0.5) is 24.5 Å². The van der Waals surface area contributed by atoms with Crippen LogP contribution in [0.5, 0.6) is 0 Å². The Morgan fingerprint density at radius 2 is 2.05 bits per heavy atom. The largest absolute Gasteiger partial charge is 0.418 e. The molecule has 0 saturated heterocycles. The number of benzene rings is 1. The minimum absolute atomic E-state index is 0.0207. The lowest BCUT2D eigenvalue weighted by Crippen LogP contribution is -2.48. The number of halogens is 4. The van der Waals surface area contributed by atoms with Crippen molar-refractivity contribution in [2.45, 2.75) is 37.6 Å². The van der Waals surface area contributed by atoms with Gasteiger partial charge in [0, 0.05) is 16.6 Å². The first kappa shape index (κ1) is 16.0. The Kier molecular flexibility index (Phi) is 3.92. The highest BCUT2D eigenvalue weighted by Gasteiger charge is 2.42. The number of aliphatic hydroxyl groups is 1. The first-order chi connectivity index (χ1) is 9.49. The van der Waals surface area contributed by atoms with Crippen molar-refractivity contribution < 1.29 is 23.2 Å². The highest BCUT2D eigenvalue weighted by atomic mass is 79.9. The highest BCUT2D eigenvalue weighted by Crippen LogP contribution is 2.44. The van der Waals surface area contributed by atoms with E-state index in [2.05, 4.69) is 21.2 Å². The first-order valence-corrected chi connectivity index (χ1v) is 6.83. The second-order valence-electron chi connectivity index (χ2n) is 5.35. The molecule has 1 fully saturated rings. The maximum absolute atomic E-state index is 13.1. The standard InChI is InChI=1S/C12H12BrF3N2O3/c1-11(19)4-7(5-11)17-10-8(12(14,15)16)2-6(13)3-9(10)18(20)21/h2-3,7,17,19H,4-5H2,1H3/t7-,11+. The van der Waals surface area contributed by atoms with Crippen LogP contribution in [0.3, 0.4) is 0 Å². The molecular formula is C12H12BrF3N2O3. The van der Waals surface area contributed by atoms with Gasteiger partial charge in [-0.2, -0.15) is 13.2 Å². The lowest BCUT2D eigenvalue weighted by molar-refractivity contribution is -0.384. The monoisotopic (exact) mass is 368 g/mol. The minimum atomic E-state index is -4.72. The average Bonchev–Trinajstić information content (AvgIpc) is 2.26. The fraction of sp³-hybridized carbons (Fsp3) is 0.500. The summed E-state index contributed by atoms with van der Waals surface area (Å²) in [5.41, 5.74) is -3.25. The van der Waals surface area contributed by atoms with Crippen molar-refractivity contribution in [3.63, 3.8) is 0 Å². The Hall–Kier alpha value is -1.35. The number of nitro groups is 1. The van der Waals surface area contributed by atoms with Crippen LogP contribution in [0.25, 0.3) is 0 Å². The van der Waals surface area contributed by atoms with Crippen molar-refractivity contribution in [2.75, 3.05) is 5.32 Å². The van der Waals surface area contributed by atoms with Crippen molar-refractivity contribution >= 4 is 27.3 Å². The molecule has 0 unspecified atom stereocenters. The van der Waals surface area contributed by atoms with E-state index in [4.69, 9.17) is 0 Å². The minimum Gasteiger partial charge on any atom is -0.390 e. The molecule has 0 bridgehead atoms. The van der Waals surface area contributed by atoms with E-state index in [1.54, 1.807) is 6.92 Å². The predicted octanol–water partition coefficient (Wildman–Crippen LogP) is 3.70. The van der Waals surface area contributed by atoms with Gasteiger partial charge in [-0.25, -0.2) is 0 Å². The Bertz CT molecular complexity index is 582. The van der Waals surface area contributed by atoms with Crippen LogP contribution in [0.15, 0.2) is 16.6 Å². The van der Waals surface area contributed by atoms with E-state index in [0.717, 1.165) is 12.1 Å². The van der Waals surface area contributed by atoms with Crippen LogP contribution >= 0.6 is 15.9 Å². The number of hydrogen-bond acceptors (Lipinski definition) is 4. The van der Waals surface area contributed by atoms with Gasteiger partial charge in [-0.15, -0.1) is 0 Å². The molecular weight excluding hydrogens is 357 g/mol. The summed E-state index contributed by atoms with van der Waals surface area (Å²) in [6, 6.07) is 1.39. The summed E-state index contributed by atoms with van der Waals surface area (Å²) in [7, 11) is 0. The summed E-state index contributed by atoms with van der Waals surface area (Å²) in [6.07, 6.45) is -4.25. The average molecular weight is 369 g/mol. The summed E-state index contributed by atoms with van der Waals surface area (Å²) in [5.74, 6) is 0. The number of nitrogens with one attached hydrogen (secondary N) is 1. The molecule has 0 amide bonds. The molecule has 2 rings (SSSR count). The maximum atomic E-state index is 13.1. The van der Waals surface area contributed by atoms with E-state index in [0.29, 0.717) is 0 Å². The van der Waals surface area contributed by atoms with Crippen molar-refractivity contribution in [1.82, 2.24) is 0 Å². The number of nitro benzene ring substituents is 1. The summed E-state index contributed by atoms with van der Waals surface area (Å²) >= 11 is 2.85. The van der Waals surface area contributed by atoms with E-state index in [-0.39, 0.29) is 17.3 Å². The second kappa shape index (κ2) is 5.13. The third kappa shape index (κ3) is 3.46. The third-order valence-corrected chi connectivity index (χ3v) is 3.76. The van der Waals surface area contributed by atoms with Gasteiger partial charge in [0.25, 0.3) is 5.69 Å². The molecule has 0 radical (unpaired) electrons. The van der Waals surface area contributed by atoms with Gasteiger partial charge in [0.15, 0.2) is 0 Å². The topological polar surface area (TPSA) is 75.4 Å². The molecule has 0 aromatic heterocycles. The fourth-order valence-electron chi connectivity index (χ4n) is 2.42. The lowest BCUT2D eigenvalue weighted by Gasteiger charge is -2.41. The molecule has 1 aromatic carbocycles. The van der Waals surface area contributed by atoms with Crippen molar-refractivity contribution in [3.05, 3.63) is 32.3 Å². The van der Waals surface area contributed by atoms with Gasteiger partial charge >= 0.3 is 6.18 Å². The first-order valence-electron chi connectivity index (χ1n) is 6.04. The van der Waals surface area contributed by atoms with E-state index >= 15 is 0 Å². The van der Waals surface area contributed by atoms with E-state index in [1.165, 1.54) is 0 Å². The van der Waals surface area contributed by atoms with Crippen molar-refractivity contribution in [1.29, 1.82) is 0 Å². The van der Waals surface area contributed by atoms with Gasteiger partial charge in [0.1, 0.15) is 5.69 Å². The molecule has 0 heterocycles. The van der Waals surface area contributed by atoms with Crippen LogP contribution in [-0.4, -0.2) is 21.7 Å². The maximum Gasteiger partial charge on any atom is 0.418 e. The van der Waals surface area contributed by atoms with Gasteiger partial charge in [-0.05, 0) is 25.8 Å². The molecule has 0 aliphatic heterocycles. The number of anilines is 1. The van der Waals surface area contributed by atoms with Crippen LogP contribution in [0, 0.1) is 10.1 Å². The lowest BCUT2D eigenvalue weighted by atomic mass is 9.77. The molecule has 1 saturated carbocycles. The summed E-state index contributed by atoms with van der Waals surface area (Å²) < 4.78 is 39.2. The second-order valence-corrected chi connectivity index (χ2v) is 6.26. The Labute approximate surface area is 126 Å².